The van der Waals surface area contributed by atoms with Gasteiger partial charge in [-0.05, 0) is 64.5 Å². The molecule has 3 rings (SSSR count). The molecule has 5 heteroatoms. The van der Waals surface area contributed by atoms with Gasteiger partial charge in [0.1, 0.15) is 6.61 Å². The van der Waals surface area contributed by atoms with Crippen LogP contribution in [0.5, 0.6) is 11.5 Å². The molecule has 0 spiro atoms. The van der Waals surface area contributed by atoms with Crippen molar-refractivity contribution in [3.63, 3.8) is 0 Å². The second kappa shape index (κ2) is 9.40. The molecule has 0 amide bonds. The molecule has 0 aliphatic carbocycles. The molecule has 1 aliphatic rings. The van der Waals surface area contributed by atoms with E-state index in [1.165, 1.54) is 17.5 Å². The van der Waals surface area contributed by atoms with Crippen molar-refractivity contribution in [3.8, 4) is 11.5 Å². The van der Waals surface area contributed by atoms with Crippen LogP contribution in [0.4, 0.5) is 0 Å². The van der Waals surface area contributed by atoms with E-state index in [4.69, 9.17) is 14.2 Å². The van der Waals surface area contributed by atoms with Crippen molar-refractivity contribution in [2.45, 2.75) is 39.0 Å². The average Bonchev–Trinajstić information content (AvgIpc) is 3.15. The minimum atomic E-state index is 0.344. The molecular weight excluding hydrogens is 394 g/mol. The topological polar surface area (TPSA) is 39.7 Å². The van der Waals surface area contributed by atoms with Crippen LogP contribution in [-0.4, -0.2) is 26.4 Å². The Balaban J connectivity index is 1.63. The molecule has 0 bridgehead atoms. The summed E-state index contributed by atoms with van der Waals surface area (Å²) in [4.78, 5) is 0. The number of benzene rings is 2. The lowest BCUT2D eigenvalue weighted by Gasteiger charge is -2.16. The van der Waals surface area contributed by atoms with Gasteiger partial charge >= 0.3 is 0 Å². The monoisotopic (exact) mass is 419 g/mol. The van der Waals surface area contributed by atoms with Crippen LogP contribution in [0.3, 0.4) is 0 Å². The van der Waals surface area contributed by atoms with Crippen LogP contribution in [0.15, 0.2) is 40.9 Å². The standard InChI is InChI=1S/C21H26BrNO3/c1-15-6-3-4-7-17(15)14-26-21-19(22)10-16(11-20(21)24-2)12-23-13-18-8-5-9-25-18/h3-4,6-7,10-11,18,23H,5,8-9,12-14H2,1-2H3/t18-/m0/s1. The number of methoxy groups -OCH3 is 1. The molecule has 26 heavy (non-hydrogen) atoms. The van der Waals surface area contributed by atoms with E-state index in [2.05, 4.69) is 46.4 Å². The zero-order valence-corrected chi connectivity index (χ0v) is 17.0. The number of rotatable bonds is 8. The van der Waals surface area contributed by atoms with E-state index in [1.54, 1.807) is 7.11 Å². The summed E-state index contributed by atoms with van der Waals surface area (Å²) in [7, 11) is 1.67. The van der Waals surface area contributed by atoms with E-state index in [1.807, 2.05) is 18.2 Å². The normalized spacial score (nSPS) is 16.7. The molecular formula is C21H26BrNO3. The van der Waals surface area contributed by atoms with Crippen LogP contribution in [0, 0.1) is 6.92 Å². The summed E-state index contributed by atoms with van der Waals surface area (Å²) in [5.74, 6) is 1.47. The summed E-state index contributed by atoms with van der Waals surface area (Å²) in [5, 5.41) is 3.46. The first-order valence-electron chi connectivity index (χ1n) is 9.03. The van der Waals surface area contributed by atoms with Crippen molar-refractivity contribution in [1.29, 1.82) is 0 Å². The lowest BCUT2D eigenvalue weighted by molar-refractivity contribution is 0.110. The van der Waals surface area contributed by atoms with Gasteiger partial charge in [-0.2, -0.15) is 0 Å². The highest BCUT2D eigenvalue weighted by Gasteiger charge is 2.16. The Labute approximate surface area is 164 Å². The largest absolute Gasteiger partial charge is 0.493 e. The van der Waals surface area contributed by atoms with Gasteiger partial charge in [0, 0.05) is 19.7 Å². The lowest BCUT2D eigenvalue weighted by Crippen LogP contribution is -2.25. The lowest BCUT2D eigenvalue weighted by atomic mass is 10.1. The number of nitrogens with one attached hydrogen (secondary N) is 1. The third-order valence-corrected chi connectivity index (χ3v) is 5.24. The molecule has 1 atom stereocenters. The summed E-state index contributed by atoms with van der Waals surface area (Å²) in [6.45, 7) is 5.14. The van der Waals surface area contributed by atoms with Crippen LogP contribution >= 0.6 is 15.9 Å². The van der Waals surface area contributed by atoms with Crippen molar-refractivity contribution >= 4 is 15.9 Å². The third-order valence-electron chi connectivity index (χ3n) is 4.65. The highest BCUT2D eigenvalue weighted by molar-refractivity contribution is 9.10. The predicted molar refractivity (Wildman–Crippen MR) is 107 cm³/mol. The second-order valence-electron chi connectivity index (χ2n) is 6.59. The van der Waals surface area contributed by atoms with Crippen LogP contribution < -0.4 is 14.8 Å². The highest BCUT2D eigenvalue weighted by Crippen LogP contribution is 2.37. The number of aryl methyl sites for hydroxylation is 1. The van der Waals surface area contributed by atoms with E-state index in [0.717, 1.165) is 47.7 Å². The molecule has 2 aromatic carbocycles. The summed E-state index contributed by atoms with van der Waals surface area (Å²) in [5.41, 5.74) is 3.54. The van der Waals surface area contributed by atoms with E-state index in [0.29, 0.717) is 12.7 Å². The molecule has 1 aliphatic heterocycles. The molecule has 0 unspecified atom stereocenters. The van der Waals surface area contributed by atoms with Gasteiger partial charge in [-0.15, -0.1) is 0 Å². The SMILES string of the molecule is COc1cc(CNC[C@@H]2CCCO2)cc(Br)c1OCc1ccccc1C. The summed E-state index contributed by atoms with van der Waals surface area (Å²) >= 11 is 3.63. The van der Waals surface area contributed by atoms with Crippen molar-refractivity contribution < 1.29 is 14.2 Å². The van der Waals surface area contributed by atoms with Gasteiger partial charge in [-0.25, -0.2) is 0 Å². The third kappa shape index (κ3) is 5.00. The van der Waals surface area contributed by atoms with E-state index < -0.39 is 0 Å². The van der Waals surface area contributed by atoms with Crippen LogP contribution in [0.2, 0.25) is 0 Å². The predicted octanol–water partition coefficient (Wildman–Crippen LogP) is 4.61. The van der Waals surface area contributed by atoms with Crippen LogP contribution in [0.1, 0.15) is 29.5 Å². The first-order chi connectivity index (χ1) is 12.7. The summed E-state index contributed by atoms with van der Waals surface area (Å²) < 4.78 is 18.2. The molecule has 4 nitrogen and oxygen atoms in total. The number of hydrogen-bond acceptors (Lipinski definition) is 4. The molecule has 0 radical (unpaired) electrons. The van der Waals surface area contributed by atoms with Gasteiger partial charge in [-0.1, -0.05) is 24.3 Å². The van der Waals surface area contributed by atoms with Gasteiger partial charge < -0.3 is 19.5 Å². The smallest absolute Gasteiger partial charge is 0.175 e. The van der Waals surface area contributed by atoms with Gasteiger partial charge in [0.05, 0.1) is 17.7 Å². The maximum absolute atomic E-state index is 6.05. The van der Waals surface area contributed by atoms with Crippen molar-refractivity contribution in [2.75, 3.05) is 20.3 Å². The van der Waals surface area contributed by atoms with Gasteiger partial charge in [-0.3, -0.25) is 0 Å². The molecule has 140 valence electrons. The van der Waals surface area contributed by atoms with Gasteiger partial charge in [0.2, 0.25) is 0 Å². The summed E-state index contributed by atoms with van der Waals surface area (Å²) in [6, 6.07) is 12.3. The number of ether oxygens (including phenoxy) is 3. The number of hydrogen-bond donors (Lipinski definition) is 1. The molecule has 0 aromatic heterocycles. The van der Waals surface area contributed by atoms with E-state index in [-0.39, 0.29) is 0 Å². The van der Waals surface area contributed by atoms with Crippen molar-refractivity contribution in [1.82, 2.24) is 5.32 Å². The second-order valence-corrected chi connectivity index (χ2v) is 7.44. The zero-order valence-electron chi connectivity index (χ0n) is 15.4. The first kappa shape index (κ1) is 19.2. The Bertz CT molecular complexity index is 729. The molecule has 1 N–H and O–H groups in total. The van der Waals surface area contributed by atoms with Crippen LogP contribution in [-0.2, 0) is 17.9 Å². The zero-order chi connectivity index (χ0) is 18.4. The Kier molecular flexibility index (Phi) is 6.94. The fraction of sp³-hybridized carbons (Fsp3) is 0.429. The van der Waals surface area contributed by atoms with E-state index in [9.17, 15) is 0 Å². The average molecular weight is 420 g/mol. The van der Waals surface area contributed by atoms with Gasteiger partial charge in [0.25, 0.3) is 0 Å². The first-order valence-corrected chi connectivity index (χ1v) is 9.82. The van der Waals surface area contributed by atoms with E-state index >= 15 is 0 Å². The molecule has 1 heterocycles. The molecule has 1 saturated heterocycles. The fourth-order valence-electron chi connectivity index (χ4n) is 3.12. The number of halogens is 1. The minimum Gasteiger partial charge on any atom is -0.493 e. The quantitative estimate of drug-likeness (QED) is 0.677. The Morgan fingerprint density at radius 2 is 2.12 bits per heavy atom. The van der Waals surface area contributed by atoms with Crippen molar-refractivity contribution in [2.24, 2.45) is 0 Å². The highest BCUT2D eigenvalue weighted by atomic mass is 79.9. The Morgan fingerprint density at radius 1 is 1.27 bits per heavy atom. The molecule has 2 aromatic rings. The fourth-order valence-corrected chi connectivity index (χ4v) is 3.72. The molecule has 1 fully saturated rings. The summed E-state index contributed by atoms with van der Waals surface area (Å²) in [6.07, 6.45) is 2.65. The minimum absolute atomic E-state index is 0.344. The van der Waals surface area contributed by atoms with Crippen LogP contribution in [0.25, 0.3) is 0 Å². The Hall–Kier alpha value is -1.56. The molecule has 0 saturated carbocycles. The van der Waals surface area contributed by atoms with Crippen molar-refractivity contribution in [3.05, 3.63) is 57.6 Å². The Morgan fingerprint density at radius 3 is 2.85 bits per heavy atom. The van der Waals surface area contributed by atoms with Gasteiger partial charge in [0.15, 0.2) is 11.5 Å². The maximum Gasteiger partial charge on any atom is 0.175 e. The maximum atomic E-state index is 6.05.